The maximum absolute atomic E-state index is 14.0. The lowest BCUT2D eigenvalue weighted by atomic mass is 9.90. The molecule has 0 atom stereocenters. The molecular formula is C22H24F3NO. The van der Waals surface area contributed by atoms with Crippen molar-refractivity contribution in [3.8, 4) is 0 Å². The highest BCUT2D eigenvalue weighted by molar-refractivity contribution is 5.93. The number of carbonyl (C=O) groups is 1. The van der Waals surface area contributed by atoms with Crippen molar-refractivity contribution in [1.82, 2.24) is 0 Å². The van der Waals surface area contributed by atoms with E-state index in [1.165, 1.54) is 6.07 Å². The molecule has 0 aromatic heterocycles. The van der Waals surface area contributed by atoms with E-state index in [2.05, 4.69) is 0 Å². The van der Waals surface area contributed by atoms with E-state index in [4.69, 9.17) is 0 Å². The van der Waals surface area contributed by atoms with Crippen LogP contribution >= 0.6 is 0 Å². The standard InChI is InChI=1S/C22H24F3NO/c1-5-18-15(2)9-8-10-16(18)13-17(14-27)21(22(23,24)25)19-11-6-7-12-20(19)26(3)4/h6-12,14H,5,13H2,1-4H3/b21-17+. The molecule has 0 aliphatic carbocycles. The molecule has 2 rings (SSSR count). The number of hydrogen-bond donors (Lipinski definition) is 0. The molecule has 0 radical (unpaired) electrons. The molecule has 0 bridgehead atoms. The summed E-state index contributed by atoms with van der Waals surface area (Å²) in [4.78, 5) is 13.4. The van der Waals surface area contributed by atoms with Crippen molar-refractivity contribution in [3.05, 3.63) is 70.3 Å². The van der Waals surface area contributed by atoms with Gasteiger partial charge in [-0.15, -0.1) is 0 Å². The van der Waals surface area contributed by atoms with E-state index in [1.807, 2.05) is 26.0 Å². The number of aryl methyl sites for hydroxylation is 1. The monoisotopic (exact) mass is 375 g/mol. The SMILES string of the molecule is CCc1c(C)cccc1C/C(C=O)=C(/c1ccccc1N(C)C)C(F)(F)F. The average Bonchev–Trinajstić information content (AvgIpc) is 2.60. The van der Waals surface area contributed by atoms with Crippen LogP contribution in [0.25, 0.3) is 5.57 Å². The first-order valence-electron chi connectivity index (χ1n) is 8.80. The molecule has 0 heterocycles. The third-order valence-electron chi connectivity index (χ3n) is 4.64. The van der Waals surface area contributed by atoms with E-state index < -0.39 is 11.7 Å². The zero-order valence-corrected chi connectivity index (χ0v) is 16.0. The number of alkyl halides is 3. The van der Waals surface area contributed by atoms with E-state index in [0.717, 1.165) is 16.7 Å². The predicted octanol–water partition coefficient (Wildman–Crippen LogP) is 5.38. The summed E-state index contributed by atoms with van der Waals surface area (Å²) < 4.78 is 42.0. The molecule has 0 spiro atoms. The fourth-order valence-corrected chi connectivity index (χ4v) is 3.41. The molecule has 2 aromatic carbocycles. The van der Waals surface area contributed by atoms with Crippen molar-refractivity contribution in [2.24, 2.45) is 0 Å². The van der Waals surface area contributed by atoms with Gasteiger partial charge in [0.2, 0.25) is 0 Å². The molecule has 0 saturated heterocycles. The second kappa shape index (κ2) is 8.42. The minimum absolute atomic E-state index is 0.0165. The Morgan fingerprint density at radius 1 is 1.07 bits per heavy atom. The first kappa shape index (κ1) is 20.7. The van der Waals surface area contributed by atoms with E-state index in [1.54, 1.807) is 43.3 Å². The third-order valence-corrected chi connectivity index (χ3v) is 4.64. The molecule has 0 N–H and O–H groups in total. The number of rotatable bonds is 6. The normalized spacial score (nSPS) is 12.6. The van der Waals surface area contributed by atoms with Crippen molar-refractivity contribution >= 4 is 17.5 Å². The van der Waals surface area contributed by atoms with Gasteiger partial charge in [-0.25, -0.2) is 0 Å². The lowest BCUT2D eigenvalue weighted by molar-refractivity contribution is -0.105. The van der Waals surface area contributed by atoms with Gasteiger partial charge in [-0.2, -0.15) is 13.2 Å². The summed E-state index contributed by atoms with van der Waals surface area (Å²) in [6.45, 7) is 3.89. The highest BCUT2D eigenvalue weighted by Gasteiger charge is 2.38. The number of allylic oxidation sites excluding steroid dienone is 2. The number of nitrogens with zero attached hydrogens (tertiary/aromatic N) is 1. The van der Waals surface area contributed by atoms with Crippen LogP contribution in [0.3, 0.4) is 0 Å². The highest BCUT2D eigenvalue weighted by atomic mass is 19.4. The van der Waals surface area contributed by atoms with Crippen LogP contribution in [0.5, 0.6) is 0 Å². The van der Waals surface area contributed by atoms with Gasteiger partial charge in [-0.3, -0.25) is 4.79 Å². The molecule has 0 saturated carbocycles. The summed E-state index contributed by atoms with van der Waals surface area (Å²) in [6, 6.07) is 11.8. The van der Waals surface area contributed by atoms with Crippen LogP contribution in [-0.4, -0.2) is 26.6 Å². The summed E-state index contributed by atoms with van der Waals surface area (Å²) >= 11 is 0. The van der Waals surface area contributed by atoms with Crippen LogP contribution in [-0.2, 0) is 17.6 Å². The molecule has 5 heteroatoms. The summed E-state index contributed by atoms with van der Waals surface area (Å²) in [5, 5.41) is 0. The molecule has 27 heavy (non-hydrogen) atoms. The zero-order chi connectivity index (χ0) is 20.2. The summed E-state index contributed by atoms with van der Waals surface area (Å²) in [5.74, 6) is 0. The molecule has 2 aromatic rings. The van der Waals surface area contributed by atoms with E-state index in [9.17, 15) is 18.0 Å². The number of halogens is 3. The number of aldehydes is 1. The lowest BCUT2D eigenvalue weighted by Crippen LogP contribution is -2.19. The molecule has 0 aliphatic heterocycles. The Labute approximate surface area is 158 Å². The van der Waals surface area contributed by atoms with Gasteiger partial charge in [0.1, 0.15) is 6.29 Å². The number of benzene rings is 2. The Kier molecular flexibility index (Phi) is 6.47. The van der Waals surface area contributed by atoms with Gasteiger partial charge in [0.25, 0.3) is 0 Å². The van der Waals surface area contributed by atoms with Gasteiger partial charge in [-0.1, -0.05) is 43.3 Å². The van der Waals surface area contributed by atoms with Gasteiger partial charge in [0.05, 0.1) is 5.57 Å². The maximum atomic E-state index is 14.0. The zero-order valence-electron chi connectivity index (χ0n) is 16.0. The van der Waals surface area contributed by atoms with Crippen molar-refractivity contribution in [2.45, 2.75) is 32.9 Å². The first-order chi connectivity index (χ1) is 12.7. The maximum Gasteiger partial charge on any atom is 0.417 e. The van der Waals surface area contributed by atoms with Crippen LogP contribution in [0, 0.1) is 6.92 Å². The average molecular weight is 375 g/mol. The second-order valence-corrected chi connectivity index (χ2v) is 6.67. The Bertz CT molecular complexity index is 851. The molecule has 2 nitrogen and oxygen atoms in total. The molecule has 0 amide bonds. The van der Waals surface area contributed by atoms with Gasteiger partial charge in [-0.05, 0) is 36.1 Å². The minimum atomic E-state index is -4.64. The number of hydrogen-bond acceptors (Lipinski definition) is 2. The van der Waals surface area contributed by atoms with Crippen molar-refractivity contribution < 1.29 is 18.0 Å². The Morgan fingerprint density at radius 3 is 2.30 bits per heavy atom. The largest absolute Gasteiger partial charge is 0.417 e. The molecule has 0 fully saturated rings. The molecule has 0 unspecified atom stereocenters. The van der Waals surface area contributed by atoms with E-state index in [-0.39, 0.29) is 17.6 Å². The third kappa shape index (κ3) is 4.59. The summed E-state index contributed by atoms with van der Waals surface area (Å²) in [5.41, 5.74) is 2.07. The topological polar surface area (TPSA) is 20.3 Å². The molecule has 144 valence electrons. The van der Waals surface area contributed by atoms with Gasteiger partial charge >= 0.3 is 6.18 Å². The quantitative estimate of drug-likeness (QED) is 0.499. The van der Waals surface area contributed by atoms with Gasteiger partial charge in [0.15, 0.2) is 0 Å². The van der Waals surface area contributed by atoms with Gasteiger partial charge in [0, 0.05) is 37.3 Å². The number of anilines is 1. The van der Waals surface area contributed by atoms with Crippen molar-refractivity contribution in [1.29, 1.82) is 0 Å². The lowest BCUT2D eigenvalue weighted by Gasteiger charge is -2.22. The Morgan fingerprint density at radius 2 is 1.74 bits per heavy atom. The smallest absolute Gasteiger partial charge is 0.377 e. The first-order valence-corrected chi connectivity index (χ1v) is 8.80. The van der Waals surface area contributed by atoms with Gasteiger partial charge < -0.3 is 4.90 Å². The number of carbonyl (C=O) groups excluding carboxylic acids is 1. The highest BCUT2D eigenvalue weighted by Crippen LogP contribution is 2.40. The molecular weight excluding hydrogens is 351 g/mol. The van der Waals surface area contributed by atoms with Crippen molar-refractivity contribution in [2.75, 3.05) is 19.0 Å². The van der Waals surface area contributed by atoms with Crippen LogP contribution < -0.4 is 4.90 Å². The Hall–Kier alpha value is -2.56. The minimum Gasteiger partial charge on any atom is -0.377 e. The number of para-hydroxylation sites is 1. The molecule has 0 aliphatic rings. The fourth-order valence-electron chi connectivity index (χ4n) is 3.41. The van der Waals surface area contributed by atoms with Crippen LogP contribution in [0.1, 0.15) is 29.2 Å². The second-order valence-electron chi connectivity index (χ2n) is 6.67. The van der Waals surface area contributed by atoms with Crippen LogP contribution in [0.15, 0.2) is 48.0 Å². The Balaban J connectivity index is 2.72. The fraction of sp³-hybridized carbons (Fsp3) is 0.318. The van der Waals surface area contributed by atoms with Crippen molar-refractivity contribution in [3.63, 3.8) is 0 Å². The van der Waals surface area contributed by atoms with E-state index >= 15 is 0 Å². The van der Waals surface area contributed by atoms with E-state index in [0.29, 0.717) is 18.4 Å². The van der Waals surface area contributed by atoms with Crippen LogP contribution in [0.2, 0.25) is 0 Å². The van der Waals surface area contributed by atoms with Crippen LogP contribution in [0.4, 0.5) is 18.9 Å². The predicted molar refractivity (Wildman–Crippen MR) is 104 cm³/mol. The summed E-state index contributed by atoms with van der Waals surface area (Å²) in [6.07, 6.45) is -3.65. The summed E-state index contributed by atoms with van der Waals surface area (Å²) in [7, 11) is 3.37.